The molecule has 2 atom stereocenters. The smallest absolute Gasteiger partial charge is 0.123 e. The molecule has 2 nitrogen and oxygen atoms in total. The van der Waals surface area contributed by atoms with Gasteiger partial charge in [-0.2, -0.15) is 0 Å². The van der Waals surface area contributed by atoms with Crippen molar-refractivity contribution in [3.63, 3.8) is 0 Å². The van der Waals surface area contributed by atoms with E-state index in [1.807, 2.05) is 0 Å². The Hall–Kier alpha value is -0.370. The molecule has 2 fully saturated rings. The van der Waals surface area contributed by atoms with Gasteiger partial charge in [0.15, 0.2) is 0 Å². The molecule has 1 aliphatic carbocycles. The SMILES string of the molecule is O=CC1CC12CCCOC2. The van der Waals surface area contributed by atoms with Gasteiger partial charge in [-0.3, -0.25) is 0 Å². The van der Waals surface area contributed by atoms with Crippen LogP contribution in [0.1, 0.15) is 19.3 Å². The minimum Gasteiger partial charge on any atom is -0.381 e. The van der Waals surface area contributed by atoms with E-state index in [1.165, 1.54) is 6.42 Å². The summed E-state index contributed by atoms with van der Waals surface area (Å²) in [6.45, 7) is 1.73. The standard InChI is InChI=1S/C8H12O2/c9-5-7-4-8(7)2-1-3-10-6-8/h5,7H,1-4,6H2. The summed E-state index contributed by atoms with van der Waals surface area (Å²) in [7, 11) is 0. The third-order valence-electron chi connectivity index (χ3n) is 2.77. The molecule has 2 unspecified atom stereocenters. The predicted octanol–water partition coefficient (Wildman–Crippen LogP) is 1.00. The van der Waals surface area contributed by atoms with Crippen LogP contribution in [0.25, 0.3) is 0 Å². The van der Waals surface area contributed by atoms with Crippen molar-refractivity contribution in [3.05, 3.63) is 0 Å². The highest BCUT2D eigenvalue weighted by Gasteiger charge is 2.54. The largest absolute Gasteiger partial charge is 0.381 e. The molecule has 1 aliphatic heterocycles. The lowest BCUT2D eigenvalue weighted by Gasteiger charge is -2.21. The Labute approximate surface area is 60.6 Å². The summed E-state index contributed by atoms with van der Waals surface area (Å²) >= 11 is 0. The van der Waals surface area contributed by atoms with Crippen molar-refractivity contribution < 1.29 is 9.53 Å². The Balaban J connectivity index is 1.97. The van der Waals surface area contributed by atoms with E-state index in [0.717, 1.165) is 32.3 Å². The van der Waals surface area contributed by atoms with Crippen LogP contribution in [0.5, 0.6) is 0 Å². The number of rotatable bonds is 1. The summed E-state index contributed by atoms with van der Waals surface area (Å²) in [6, 6.07) is 0. The van der Waals surface area contributed by atoms with Crippen LogP contribution >= 0.6 is 0 Å². The number of hydrogen-bond donors (Lipinski definition) is 0. The van der Waals surface area contributed by atoms with Crippen LogP contribution in [-0.4, -0.2) is 19.5 Å². The van der Waals surface area contributed by atoms with Crippen molar-refractivity contribution in [2.75, 3.05) is 13.2 Å². The zero-order valence-electron chi connectivity index (χ0n) is 6.01. The van der Waals surface area contributed by atoms with Gasteiger partial charge in [0.25, 0.3) is 0 Å². The molecule has 0 aromatic carbocycles. The molecule has 0 N–H and O–H groups in total. The van der Waals surface area contributed by atoms with E-state index in [1.54, 1.807) is 0 Å². The van der Waals surface area contributed by atoms with Crippen molar-refractivity contribution in [1.82, 2.24) is 0 Å². The molecule has 0 radical (unpaired) electrons. The highest BCUT2D eigenvalue weighted by atomic mass is 16.5. The summed E-state index contributed by atoms with van der Waals surface area (Å²) in [5.74, 6) is 0.327. The van der Waals surface area contributed by atoms with E-state index in [0.29, 0.717) is 11.3 Å². The van der Waals surface area contributed by atoms with Gasteiger partial charge in [-0.05, 0) is 19.3 Å². The average molecular weight is 140 g/mol. The second-order valence-electron chi connectivity index (χ2n) is 3.47. The lowest BCUT2D eigenvalue weighted by molar-refractivity contribution is -0.110. The van der Waals surface area contributed by atoms with E-state index >= 15 is 0 Å². The average Bonchev–Trinajstić information content (AvgIpc) is 2.65. The van der Waals surface area contributed by atoms with Gasteiger partial charge < -0.3 is 9.53 Å². The van der Waals surface area contributed by atoms with Crippen LogP contribution in [0.15, 0.2) is 0 Å². The van der Waals surface area contributed by atoms with Crippen molar-refractivity contribution in [3.8, 4) is 0 Å². The minimum atomic E-state index is 0.306. The van der Waals surface area contributed by atoms with Gasteiger partial charge in [0.05, 0.1) is 6.61 Å². The number of carbonyl (C=O) groups is 1. The summed E-state index contributed by atoms with van der Waals surface area (Å²) in [5.41, 5.74) is 0.306. The highest BCUT2D eigenvalue weighted by Crippen LogP contribution is 2.56. The first-order valence-corrected chi connectivity index (χ1v) is 3.90. The number of ether oxygens (including phenoxy) is 1. The van der Waals surface area contributed by atoms with Crippen LogP contribution in [0.3, 0.4) is 0 Å². The molecule has 2 rings (SSSR count). The molecule has 0 amide bonds. The van der Waals surface area contributed by atoms with Crippen LogP contribution in [0.2, 0.25) is 0 Å². The van der Waals surface area contributed by atoms with E-state index in [9.17, 15) is 4.79 Å². The Morgan fingerprint density at radius 3 is 3.00 bits per heavy atom. The maximum atomic E-state index is 10.4. The van der Waals surface area contributed by atoms with E-state index in [2.05, 4.69) is 0 Å². The van der Waals surface area contributed by atoms with Crippen LogP contribution in [0, 0.1) is 11.3 Å². The topological polar surface area (TPSA) is 26.3 Å². The zero-order valence-corrected chi connectivity index (χ0v) is 6.01. The molecule has 2 heteroatoms. The molecule has 0 bridgehead atoms. The van der Waals surface area contributed by atoms with Crippen molar-refractivity contribution in [2.45, 2.75) is 19.3 Å². The Bertz CT molecular complexity index is 147. The summed E-state index contributed by atoms with van der Waals surface area (Å²) in [5, 5.41) is 0. The Morgan fingerprint density at radius 2 is 2.50 bits per heavy atom. The summed E-state index contributed by atoms with van der Waals surface area (Å²) in [6.07, 6.45) is 4.52. The summed E-state index contributed by atoms with van der Waals surface area (Å²) < 4.78 is 5.32. The lowest BCUT2D eigenvalue weighted by Crippen LogP contribution is -2.20. The zero-order chi connectivity index (χ0) is 7.03. The molecular formula is C8H12O2. The molecule has 1 saturated carbocycles. The van der Waals surface area contributed by atoms with Gasteiger partial charge >= 0.3 is 0 Å². The van der Waals surface area contributed by atoms with Crippen molar-refractivity contribution in [2.24, 2.45) is 11.3 Å². The fourth-order valence-electron chi connectivity index (χ4n) is 1.90. The quantitative estimate of drug-likeness (QED) is 0.508. The van der Waals surface area contributed by atoms with Crippen LogP contribution < -0.4 is 0 Å². The normalized spacial score (nSPS) is 45.4. The molecule has 10 heavy (non-hydrogen) atoms. The molecule has 1 heterocycles. The first kappa shape index (κ1) is 6.35. The lowest BCUT2D eigenvalue weighted by atomic mass is 9.97. The Kier molecular flexibility index (Phi) is 1.31. The van der Waals surface area contributed by atoms with E-state index in [-0.39, 0.29) is 0 Å². The third-order valence-corrected chi connectivity index (χ3v) is 2.77. The van der Waals surface area contributed by atoms with Crippen molar-refractivity contribution >= 4 is 6.29 Å². The predicted molar refractivity (Wildman–Crippen MR) is 36.7 cm³/mol. The molecule has 56 valence electrons. The van der Waals surface area contributed by atoms with Crippen LogP contribution in [0.4, 0.5) is 0 Å². The molecule has 0 aromatic heterocycles. The van der Waals surface area contributed by atoms with E-state index in [4.69, 9.17) is 4.74 Å². The second-order valence-corrected chi connectivity index (χ2v) is 3.47. The maximum absolute atomic E-state index is 10.4. The first-order valence-electron chi connectivity index (χ1n) is 3.90. The molecule has 0 aromatic rings. The van der Waals surface area contributed by atoms with Gasteiger partial charge in [0, 0.05) is 17.9 Å². The van der Waals surface area contributed by atoms with Gasteiger partial charge in [-0.15, -0.1) is 0 Å². The molecule has 1 saturated heterocycles. The molecular weight excluding hydrogens is 128 g/mol. The number of hydrogen-bond acceptors (Lipinski definition) is 2. The van der Waals surface area contributed by atoms with Gasteiger partial charge in [0.1, 0.15) is 6.29 Å². The van der Waals surface area contributed by atoms with Crippen molar-refractivity contribution in [1.29, 1.82) is 0 Å². The molecule has 1 spiro atoms. The third kappa shape index (κ3) is 0.788. The van der Waals surface area contributed by atoms with Gasteiger partial charge in [0.2, 0.25) is 0 Å². The summed E-state index contributed by atoms with van der Waals surface area (Å²) in [4.78, 5) is 10.4. The number of aldehydes is 1. The molecule has 2 aliphatic rings. The van der Waals surface area contributed by atoms with Crippen LogP contribution in [-0.2, 0) is 9.53 Å². The maximum Gasteiger partial charge on any atom is 0.123 e. The highest BCUT2D eigenvalue weighted by molar-refractivity contribution is 5.60. The van der Waals surface area contributed by atoms with Gasteiger partial charge in [-0.1, -0.05) is 0 Å². The first-order chi connectivity index (χ1) is 4.87. The fourth-order valence-corrected chi connectivity index (χ4v) is 1.90. The second kappa shape index (κ2) is 2.06. The minimum absolute atomic E-state index is 0.306. The fraction of sp³-hybridized carbons (Fsp3) is 0.875. The van der Waals surface area contributed by atoms with E-state index < -0.39 is 0 Å². The Morgan fingerprint density at radius 1 is 1.60 bits per heavy atom. The monoisotopic (exact) mass is 140 g/mol. The number of carbonyl (C=O) groups excluding carboxylic acids is 1. The van der Waals surface area contributed by atoms with Gasteiger partial charge in [-0.25, -0.2) is 0 Å².